The second-order valence-electron chi connectivity index (χ2n) is 4.41. The summed E-state index contributed by atoms with van der Waals surface area (Å²) in [6, 6.07) is 3.01. The SMILES string of the molecule is COc1ccc(C(=O)N2CCSCC2CC(=O)O)cn1. The lowest BCUT2D eigenvalue weighted by Gasteiger charge is -2.34. The number of pyridine rings is 1. The molecule has 2 heterocycles. The number of methoxy groups -OCH3 is 1. The van der Waals surface area contributed by atoms with Gasteiger partial charge in [-0.3, -0.25) is 9.59 Å². The van der Waals surface area contributed by atoms with E-state index in [1.807, 2.05) is 0 Å². The third-order valence-electron chi connectivity index (χ3n) is 3.09. The van der Waals surface area contributed by atoms with E-state index >= 15 is 0 Å². The molecule has 0 aromatic carbocycles. The van der Waals surface area contributed by atoms with E-state index in [0.29, 0.717) is 23.7 Å². The van der Waals surface area contributed by atoms with Gasteiger partial charge < -0.3 is 14.7 Å². The number of rotatable bonds is 4. The number of amides is 1. The van der Waals surface area contributed by atoms with Crippen LogP contribution < -0.4 is 4.74 Å². The second-order valence-corrected chi connectivity index (χ2v) is 5.56. The van der Waals surface area contributed by atoms with E-state index in [1.54, 1.807) is 28.8 Å². The van der Waals surface area contributed by atoms with Crippen molar-refractivity contribution in [1.82, 2.24) is 9.88 Å². The molecule has 1 fully saturated rings. The highest BCUT2D eigenvalue weighted by atomic mass is 32.2. The predicted octanol–water partition coefficient (Wildman–Crippen LogP) is 1.12. The number of carboxylic acids is 1. The summed E-state index contributed by atoms with van der Waals surface area (Å²) >= 11 is 1.67. The fraction of sp³-hybridized carbons (Fsp3) is 0.462. The highest BCUT2D eigenvalue weighted by molar-refractivity contribution is 7.99. The van der Waals surface area contributed by atoms with Crippen LogP contribution in [-0.2, 0) is 4.79 Å². The monoisotopic (exact) mass is 296 g/mol. The third kappa shape index (κ3) is 3.41. The van der Waals surface area contributed by atoms with Gasteiger partial charge in [0.25, 0.3) is 5.91 Å². The van der Waals surface area contributed by atoms with Crippen LogP contribution in [0.3, 0.4) is 0 Å². The van der Waals surface area contributed by atoms with E-state index in [9.17, 15) is 9.59 Å². The molecule has 0 aliphatic carbocycles. The topological polar surface area (TPSA) is 79.7 Å². The highest BCUT2D eigenvalue weighted by Crippen LogP contribution is 2.21. The molecule has 1 saturated heterocycles. The summed E-state index contributed by atoms with van der Waals surface area (Å²) < 4.78 is 4.95. The van der Waals surface area contributed by atoms with Crippen molar-refractivity contribution in [3.8, 4) is 5.88 Å². The molecule has 0 saturated carbocycles. The van der Waals surface area contributed by atoms with E-state index in [1.165, 1.54) is 13.3 Å². The van der Waals surface area contributed by atoms with Crippen molar-refractivity contribution in [2.75, 3.05) is 25.2 Å². The fourth-order valence-electron chi connectivity index (χ4n) is 2.09. The van der Waals surface area contributed by atoms with Crippen molar-refractivity contribution in [3.05, 3.63) is 23.9 Å². The summed E-state index contributed by atoms with van der Waals surface area (Å²) in [5.41, 5.74) is 0.452. The summed E-state index contributed by atoms with van der Waals surface area (Å²) in [6.07, 6.45) is 1.43. The van der Waals surface area contributed by atoms with Gasteiger partial charge in [0.2, 0.25) is 5.88 Å². The molecule has 2 rings (SSSR count). The minimum Gasteiger partial charge on any atom is -0.481 e. The van der Waals surface area contributed by atoms with Gasteiger partial charge >= 0.3 is 5.97 Å². The Balaban J connectivity index is 2.13. The molecule has 20 heavy (non-hydrogen) atoms. The van der Waals surface area contributed by atoms with Gasteiger partial charge in [-0.1, -0.05) is 0 Å². The van der Waals surface area contributed by atoms with Gasteiger partial charge in [-0.15, -0.1) is 0 Å². The number of carbonyl (C=O) groups excluding carboxylic acids is 1. The minimum atomic E-state index is -0.886. The lowest BCUT2D eigenvalue weighted by molar-refractivity contribution is -0.138. The summed E-state index contributed by atoms with van der Waals surface area (Å²) in [6.45, 7) is 0.563. The Hall–Kier alpha value is -1.76. The van der Waals surface area contributed by atoms with Crippen LogP contribution in [0.4, 0.5) is 0 Å². The Morgan fingerprint density at radius 2 is 2.35 bits per heavy atom. The smallest absolute Gasteiger partial charge is 0.305 e. The number of carbonyl (C=O) groups is 2. The molecule has 1 aliphatic rings. The van der Waals surface area contributed by atoms with Crippen molar-refractivity contribution in [3.63, 3.8) is 0 Å². The molecule has 108 valence electrons. The average Bonchev–Trinajstić information content (AvgIpc) is 2.46. The van der Waals surface area contributed by atoms with Crippen LogP contribution in [0.25, 0.3) is 0 Å². The summed E-state index contributed by atoms with van der Waals surface area (Å²) in [4.78, 5) is 29.0. The van der Waals surface area contributed by atoms with Gasteiger partial charge in [-0.2, -0.15) is 11.8 Å². The van der Waals surface area contributed by atoms with Gasteiger partial charge in [0, 0.05) is 30.3 Å². The molecule has 0 radical (unpaired) electrons. The number of hydrogen-bond acceptors (Lipinski definition) is 5. The molecule has 0 spiro atoms. The molecule has 1 atom stereocenters. The summed E-state index contributed by atoms with van der Waals surface area (Å²) in [5.74, 6) is 0.861. The van der Waals surface area contributed by atoms with Gasteiger partial charge in [0.05, 0.1) is 25.1 Å². The maximum atomic E-state index is 12.4. The first-order valence-corrected chi connectivity index (χ1v) is 7.38. The molecule has 1 aromatic heterocycles. The largest absolute Gasteiger partial charge is 0.481 e. The first kappa shape index (κ1) is 14.6. The average molecular weight is 296 g/mol. The predicted molar refractivity (Wildman–Crippen MR) is 75.2 cm³/mol. The van der Waals surface area contributed by atoms with E-state index < -0.39 is 5.97 Å². The van der Waals surface area contributed by atoms with Crippen molar-refractivity contribution in [2.24, 2.45) is 0 Å². The Kier molecular flexibility index (Phi) is 4.84. The zero-order valence-electron chi connectivity index (χ0n) is 11.1. The maximum Gasteiger partial charge on any atom is 0.305 e. The zero-order chi connectivity index (χ0) is 14.5. The molecule has 0 bridgehead atoms. The van der Waals surface area contributed by atoms with Crippen LogP contribution in [0.1, 0.15) is 16.8 Å². The van der Waals surface area contributed by atoms with Crippen LogP contribution in [0.5, 0.6) is 5.88 Å². The first-order chi connectivity index (χ1) is 9.61. The molecule has 6 nitrogen and oxygen atoms in total. The van der Waals surface area contributed by atoms with E-state index in [4.69, 9.17) is 9.84 Å². The molecular formula is C13H16N2O4S. The quantitative estimate of drug-likeness (QED) is 0.897. The Bertz CT molecular complexity index is 492. The van der Waals surface area contributed by atoms with Crippen LogP contribution in [0.15, 0.2) is 18.3 Å². The van der Waals surface area contributed by atoms with Crippen molar-refractivity contribution >= 4 is 23.6 Å². The zero-order valence-corrected chi connectivity index (χ0v) is 11.9. The van der Waals surface area contributed by atoms with E-state index in [0.717, 1.165) is 5.75 Å². The fourth-order valence-corrected chi connectivity index (χ4v) is 3.15. The Morgan fingerprint density at radius 3 is 2.95 bits per heavy atom. The van der Waals surface area contributed by atoms with Crippen molar-refractivity contribution in [1.29, 1.82) is 0 Å². The van der Waals surface area contributed by atoms with E-state index in [-0.39, 0.29) is 18.4 Å². The van der Waals surface area contributed by atoms with Gasteiger partial charge in [0.15, 0.2) is 0 Å². The number of hydrogen-bond donors (Lipinski definition) is 1. The second kappa shape index (κ2) is 6.60. The standard InChI is InChI=1S/C13H16N2O4S/c1-19-11-3-2-9(7-14-11)13(18)15-4-5-20-8-10(15)6-12(16)17/h2-3,7,10H,4-6,8H2,1H3,(H,16,17). The molecule has 1 N–H and O–H groups in total. The lowest BCUT2D eigenvalue weighted by atomic mass is 10.1. The molecule has 1 aromatic rings. The number of carboxylic acid groups (broad SMARTS) is 1. The highest BCUT2D eigenvalue weighted by Gasteiger charge is 2.29. The van der Waals surface area contributed by atoms with Crippen molar-refractivity contribution in [2.45, 2.75) is 12.5 Å². The van der Waals surface area contributed by atoms with Gasteiger partial charge in [-0.25, -0.2) is 4.98 Å². The molecular weight excluding hydrogens is 280 g/mol. The Morgan fingerprint density at radius 1 is 1.55 bits per heavy atom. The van der Waals surface area contributed by atoms with Gasteiger partial charge in [0.1, 0.15) is 0 Å². The number of aromatic nitrogens is 1. The molecule has 1 amide bonds. The third-order valence-corrected chi connectivity index (χ3v) is 4.18. The maximum absolute atomic E-state index is 12.4. The number of ether oxygens (including phenoxy) is 1. The van der Waals surface area contributed by atoms with Crippen LogP contribution in [0.2, 0.25) is 0 Å². The number of thioether (sulfide) groups is 1. The lowest BCUT2D eigenvalue weighted by Crippen LogP contribution is -2.47. The van der Waals surface area contributed by atoms with Gasteiger partial charge in [-0.05, 0) is 6.07 Å². The molecule has 7 heteroatoms. The van der Waals surface area contributed by atoms with Crippen LogP contribution in [0, 0.1) is 0 Å². The van der Waals surface area contributed by atoms with Crippen LogP contribution in [-0.4, -0.2) is 58.1 Å². The van der Waals surface area contributed by atoms with Crippen LogP contribution >= 0.6 is 11.8 Å². The van der Waals surface area contributed by atoms with E-state index in [2.05, 4.69) is 4.98 Å². The summed E-state index contributed by atoms with van der Waals surface area (Å²) in [5, 5.41) is 8.93. The summed E-state index contributed by atoms with van der Waals surface area (Å²) in [7, 11) is 1.51. The Labute approximate surface area is 121 Å². The number of nitrogens with zero attached hydrogens (tertiary/aromatic N) is 2. The minimum absolute atomic E-state index is 0.0255. The first-order valence-electron chi connectivity index (χ1n) is 6.22. The number of aliphatic carboxylic acids is 1. The molecule has 1 aliphatic heterocycles. The molecule has 1 unspecified atom stereocenters. The normalized spacial score (nSPS) is 18.6. The van der Waals surface area contributed by atoms with Crippen molar-refractivity contribution < 1.29 is 19.4 Å².